The van der Waals surface area contributed by atoms with E-state index < -0.39 is 11.9 Å². The summed E-state index contributed by atoms with van der Waals surface area (Å²) >= 11 is 0. The van der Waals surface area contributed by atoms with Gasteiger partial charge in [-0.1, -0.05) is 30.3 Å². The van der Waals surface area contributed by atoms with Crippen LogP contribution >= 0.6 is 0 Å². The topological polar surface area (TPSA) is 105 Å². The Hall–Kier alpha value is -3.17. The molecule has 6 nitrogen and oxygen atoms in total. The third kappa shape index (κ3) is 5.07. The zero-order valence-electron chi connectivity index (χ0n) is 11.6. The number of aromatic carboxylic acids is 2. The van der Waals surface area contributed by atoms with Crippen molar-refractivity contribution in [2.45, 2.75) is 6.54 Å². The van der Waals surface area contributed by atoms with Crippen LogP contribution in [0.15, 0.2) is 48.5 Å². The molecule has 0 saturated heterocycles. The molecular weight excluding hydrogens is 284 g/mol. The van der Waals surface area contributed by atoms with Gasteiger partial charge in [-0.2, -0.15) is 0 Å². The van der Waals surface area contributed by atoms with Crippen molar-refractivity contribution in [3.05, 3.63) is 76.6 Å². The highest BCUT2D eigenvalue weighted by Crippen LogP contribution is 2.13. The van der Waals surface area contributed by atoms with Crippen LogP contribution < -0.4 is 5.73 Å². The molecule has 0 aliphatic heterocycles. The number of carboxylic acids is 2. The van der Waals surface area contributed by atoms with Crippen LogP contribution in [0.1, 0.15) is 26.3 Å². The number of hydrogen-bond acceptors (Lipinski definition) is 3. The summed E-state index contributed by atoms with van der Waals surface area (Å²) in [5.74, 6) is -1.92. The molecule has 2 aromatic carbocycles. The second kappa shape index (κ2) is 8.19. The van der Waals surface area contributed by atoms with Crippen LogP contribution in [-0.2, 0) is 6.54 Å². The third-order valence-electron chi connectivity index (χ3n) is 2.63. The average molecular weight is 298 g/mol. The fraction of sp³-hybridized carbons (Fsp3) is 0.0625. The van der Waals surface area contributed by atoms with Crippen LogP contribution in [0.25, 0.3) is 4.85 Å². The van der Waals surface area contributed by atoms with E-state index >= 15 is 0 Å². The highest BCUT2D eigenvalue weighted by atomic mass is 16.4. The van der Waals surface area contributed by atoms with Crippen molar-refractivity contribution in [3.63, 3.8) is 0 Å². The molecule has 4 N–H and O–H groups in total. The molecule has 0 unspecified atom stereocenters. The van der Waals surface area contributed by atoms with Gasteiger partial charge < -0.3 is 15.9 Å². The summed E-state index contributed by atoms with van der Waals surface area (Å²) in [6.07, 6.45) is 0. The molecular formula is C16H14N2O4. The van der Waals surface area contributed by atoms with Gasteiger partial charge in [0.1, 0.15) is 0 Å². The second-order valence-electron chi connectivity index (χ2n) is 4.18. The molecule has 6 heteroatoms. The van der Waals surface area contributed by atoms with E-state index in [9.17, 15) is 9.59 Å². The Bertz CT molecular complexity index is 720. The smallest absolute Gasteiger partial charge is 0.335 e. The Balaban J connectivity index is 0.000000220. The van der Waals surface area contributed by atoms with Crippen molar-refractivity contribution in [3.8, 4) is 0 Å². The molecule has 2 rings (SSSR count). The van der Waals surface area contributed by atoms with Gasteiger partial charge in [0.2, 0.25) is 0 Å². The van der Waals surface area contributed by atoms with Crippen LogP contribution in [0.4, 0.5) is 5.69 Å². The van der Waals surface area contributed by atoms with Crippen molar-refractivity contribution in [2.75, 3.05) is 0 Å². The number of benzene rings is 2. The molecule has 22 heavy (non-hydrogen) atoms. The quantitative estimate of drug-likeness (QED) is 0.756. The lowest BCUT2D eigenvalue weighted by Crippen LogP contribution is -2.00. The van der Waals surface area contributed by atoms with Gasteiger partial charge >= 0.3 is 11.9 Å². The highest BCUT2D eigenvalue weighted by molar-refractivity contribution is 5.88. The lowest BCUT2D eigenvalue weighted by atomic mass is 10.1. The summed E-state index contributed by atoms with van der Waals surface area (Å²) in [6.45, 7) is 6.99. The van der Waals surface area contributed by atoms with Crippen LogP contribution in [0.2, 0.25) is 0 Å². The molecule has 0 bridgehead atoms. The first-order chi connectivity index (χ1) is 10.5. The van der Waals surface area contributed by atoms with Gasteiger partial charge in [-0.3, -0.25) is 0 Å². The molecule has 0 saturated carbocycles. The van der Waals surface area contributed by atoms with Crippen LogP contribution in [0.5, 0.6) is 0 Å². The Morgan fingerprint density at radius 3 is 2.05 bits per heavy atom. The lowest BCUT2D eigenvalue weighted by molar-refractivity contribution is 0.0686. The highest BCUT2D eigenvalue weighted by Gasteiger charge is 2.01. The van der Waals surface area contributed by atoms with E-state index in [1.54, 1.807) is 36.4 Å². The van der Waals surface area contributed by atoms with Gasteiger partial charge in [0.15, 0.2) is 5.69 Å². The monoisotopic (exact) mass is 298 g/mol. The molecule has 0 heterocycles. The third-order valence-corrected chi connectivity index (χ3v) is 2.63. The summed E-state index contributed by atoms with van der Waals surface area (Å²) in [6, 6.07) is 12.5. The van der Waals surface area contributed by atoms with Gasteiger partial charge in [-0.05, 0) is 23.8 Å². The zero-order valence-corrected chi connectivity index (χ0v) is 11.6. The van der Waals surface area contributed by atoms with E-state index in [1.807, 2.05) is 0 Å². The maximum Gasteiger partial charge on any atom is 0.335 e. The maximum absolute atomic E-state index is 10.4. The predicted octanol–water partition coefficient (Wildman–Crippen LogP) is 2.78. The van der Waals surface area contributed by atoms with Gasteiger partial charge in [-0.25, -0.2) is 14.4 Å². The Morgan fingerprint density at radius 1 is 1.00 bits per heavy atom. The minimum Gasteiger partial charge on any atom is -0.478 e. The second-order valence-corrected chi connectivity index (χ2v) is 4.18. The fourth-order valence-electron chi connectivity index (χ4n) is 1.54. The zero-order chi connectivity index (χ0) is 16.5. The van der Waals surface area contributed by atoms with E-state index in [2.05, 4.69) is 4.85 Å². The Labute approximate surface area is 127 Å². The molecule has 0 fully saturated rings. The molecule has 112 valence electrons. The summed E-state index contributed by atoms with van der Waals surface area (Å²) < 4.78 is 0. The number of nitrogens with two attached hydrogens (primary N) is 1. The van der Waals surface area contributed by atoms with Crippen LogP contribution in [0, 0.1) is 6.57 Å². The molecule has 0 aliphatic rings. The van der Waals surface area contributed by atoms with Crippen molar-refractivity contribution in [1.29, 1.82) is 0 Å². The number of hydrogen-bond donors (Lipinski definition) is 3. The lowest BCUT2D eigenvalue weighted by Gasteiger charge is -1.97. The number of carboxylic acid groups (broad SMARTS) is 2. The maximum atomic E-state index is 10.4. The fourth-order valence-corrected chi connectivity index (χ4v) is 1.54. The van der Waals surface area contributed by atoms with Gasteiger partial charge in [0.25, 0.3) is 0 Å². The summed E-state index contributed by atoms with van der Waals surface area (Å²) in [7, 11) is 0. The van der Waals surface area contributed by atoms with E-state index in [1.165, 1.54) is 12.1 Å². The van der Waals surface area contributed by atoms with Crippen LogP contribution in [-0.4, -0.2) is 22.2 Å². The molecule has 0 spiro atoms. The van der Waals surface area contributed by atoms with Crippen LogP contribution in [0.3, 0.4) is 0 Å². The Morgan fingerprint density at radius 2 is 1.55 bits per heavy atom. The van der Waals surface area contributed by atoms with Gasteiger partial charge in [0.05, 0.1) is 12.1 Å². The molecule has 2 aromatic rings. The number of rotatable bonds is 3. The van der Waals surface area contributed by atoms with E-state index in [0.29, 0.717) is 12.2 Å². The molecule has 0 aliphatic carbocycles. The average Bonchev–Trinajstić information content (AvgIpc) is 2.55. The first-order valence-corrected chi connectivity index (χ1v) is 6.21. The largest absolute Gasteiger partial charge is 0.478 e. The van der Waals surface area contributed by atoms with Gasteiger partial charge in [0, 0.05) is 12.1 Å². The van der Waals surface area contributed by atoms with E-state index in [-0.39, 0.29) is 11.1 Å². The van der Waals surface area contributed by atoms with Crippen molar-refractivity contribution < 1.29 is 19.8 Å². The minimum absolute atomic E-state index is 0.151. The van der Waals surface area contributed by atoms with Crippen molar-refractivity contribution in [2.24, 2.45) is 5.73 Å². The first-order valence-electron chi connectivity index (χ1n) is 6.21. The number of carbonyl (C=O) groups is 2. The van der Waals surface area contributed by atoms with Gasteiger partial charge in [-0.15, -0.1) is 0 Å². The van der Waals surface area contributed by atoms with Crippen molar-refractivity contribution in [1.82, 2.24) is 0 Å². The predicted molar refractivity (Wildman–Crippen MR) is 81.0 cm³/mol. The summed E-state index contributed by atoms with van der Waals surface area (Å²) in [5, 5.41) is 17.1. The minimum atomic E-state index is -1.00. The van der Waals surface area contributed by atoms with E-state index in [4.69, 9.17) is 22.5 Å². The van der Waals surface area contributed by atoms with E-state index in [0.717, 1.165) is 5.56 Å². The number of nitrogens with zero attached hydrogens (tertiary/aromatic N) is 1. The first kappa shape index (κ1) is 16.9. The molecule has 0 atom stereocenters. The normalized spacial score (nSPS) is 9.09. The Kier molecular flexibility index (Phi) is 6.29. The molecule has 0 radical (unpaired) electrons. The summed E-state index contributed by atoms with van der Waals surface area (Å²) in [4.78, 5) is 23.9. The van der Waals surface area contributed by atoms with Crippen molar-refractivity contribution >= 4 is 17.6 Å². The molecule has 0 amide bonds. The SMILES string of the molecule is NCc1cccc(C(=O)O)c1.[C-]#[N+]c1cccc(C(=O)O)c1. The summed E-state index contributed by atoms with van der Waals surface area (Å²) in [5.41, 5.74) is 6.95. The molecule has 0 aromatic heterocycles. The standard InChI is InChI=1S/C8H5NO2.C8H9NO2/c1-9-7-4-2-3-6(5-7)8(10)11;9-5-6-2-1-3-7(4-6)8(10)11/h2-5H,(H,10,11);1-4H,5,9H2,(H,10,11).